The van der Waals surface area contributed by atoms with Crippen LogP contribution >= 0.6 is 0 Å². The van der Waals surface area contributed by atoms with Crippen LogP contribution in [0.5, 0.6) is 0 Å². The highest BCUT2D eigenvalue weighted by Gasteiger charge is 2.52. The highest BCUT2D eigenvalue weighted by atomic mass is 16.7. The number of hydroxylamine groups is 1. The number of esters is 1. The Morgan fingerprint density at radius 2 is 2.50 bits per heavy atom. The Hall–Kier alpha value is -0.610. The lowest BCUT2D eigenvalue weighted by Gasteiger charge is -2.21. The summed E-state index contributed by atoms with van der Waals surface area (Å²) in [6.45, 7) is 4.32. The predicted molar refractivity (Wildman–Crippen MR) is 50.4 cm³/mol. The zero-order valence-electron chi connectivity index (χ0n) is 8.71. The van der Waals surface area contributed by atoms with Crippen LogP contribution < -0.4 is 5.48 Å². The molecule has 0 aromatic carbocycles. The van der Waals surface area contributed by atoms with Crippen LogP contribution in [0.15, 0.2) is 0 Å². The van der Waals surface area contributed by atoms with Gasteiger partial charge in [-0.2, -0.15) is 5.48 Å². The number of hydrogen-bond donors (Lipinski definition) is 1. The second-order valence-corrected chi connectivity index (χ2v) is 4.26. The molecule has 0 aromatic rings. The van der Waals surface area contributed by atoms with Gasteiger partial charge >= 0.3 is 5.97 Å². The van der Waals surface area contributed by atoms with Gasteiger partial charge in [0.25, 0.3) is 0 Å². The van der Waals surface area contributed by atoms with Crippen molar-refractivity contribution in [3.63, 3.8) is 0 Å². The molecule has 2 fully saturated rings. The molecule has 1 heterocycles. The van der Waals surface area contributed by atoms with Crippen LogP contribution in [0.1, 0.15) is 33.1 Å². The second-order valence-electron chi connectivity index (χ2n) is 4.26. The van der Waals surface area contributed by atoms with E-state index in [9.17, 15) is 4.79 Å². The Balaban J connectivity index is 2.05. The second kappa shape index (κ2) is 3.51. The molecule has 2 aliphatic rings. The van der Waals surface area contributed by atoms with Gasteiger partial charge in [0.05, 0.1) is 12.2 Å². The Kier molecular flexibility index (Phi) is 2.49. The van der Waals surface area contributed by atoms with E-state index < -0.39 is 0 Å². The predicted octanol–water partition coefficient (Wildman–Crippen LogP) is 1.01. The maximum atomic E-state index is 11.6. The van der Waals surface area contributed by atoms with E-state index in [2.05, 4.69) is 12.4 Å². The fraction of sp³-hybridized carbons (Fsp3) is 0.900. The smallest absolute Gasteiger partial charge is 0.325 e. The molecule has 0 aromatic heterocycles. The van der Waals surface area contributed by atoms with Gasteiger partial charge in [0.1, 0.15) is 6.04 Å². The molecular formula is C10H17NO3. The van der Waals surface area contributed by atoms with Gasteiger partial charge in [0, 0.05) is 5.92 Å². The zero-order valence-corrected chi connectivity index (χ0v) is 8.71. The van der Waals surface area contributed by atoms with Crippen LogP contribution in [0.3, 0.4) is 0 Å². The van der Waals surface area contributed by atoms with Crippen molar-refractivity contribution in [3.05, 3.63) is 0 Å². The molecule has 0 spiro atoms. The van der Waals surface area contributed by atoms with Crippen molar-refractivity contribution in [2.24, 2.45) is 5.92 Å². The van der Waals surface area contributed by atoms with Crippen LogP contribution in [0, 0.1) is 5.92 Å². The minimum Gasteiger partial charge on any atom is -0.465 e. The summed E-state index contributed by atoms with van der Waals surface area (Å²) in [4.78, 5) is 17.1. The molecule has 0 unspecified atom stereocenters. The van der Waals surface area contributed by atoms with E-state index in [4.69, 9.17) is 9.57 Å². The summed E-state index contributed by atoms with van der Waals surface area (Å²) in [6.07, 6.45) is 3.21. The maximum absolute atomic E-state index is 11.6. The third-order valence-electron chi connectivity index (χ3n) is 3.33. The molecule has 1 aliphatic heterocycles. The minimum atomic E-state index is -0.262. The molecule has 4 nitrogen and oxygen atoms in total. The van der Waals surface area contributed by atoms with Crippen LogP contribution in [0.25, 0.3) is 0 Å². The average molecular weight is 199 g/mol. The van der Waals surface area contributed by atoms with E-state index in [-0.39, 0.29) is 23.5 Å². The number of fused-ring (bicyclic) bond motifs is 1. The van der Waals surface area contributed by atoms with Gasteiger partial charge in [0.2, 0.25) is 0 Å². The van der Waals surface area contributed by atoms with E-state index in [1.165, 1.54) is 0 Å². The van der Waals surface area contributed by atoms with Crippen LogP contribution in [-0.4, -0.2) is 24.2 Å². The van der Waals surface area contributed by atoms with Gasteiger partial charge in [-0.3, -0.25) is 9.63 Å². The lowest BCUT2D eigenvalue weighted by molar-refractivity contribution is -0.147. The molecule has 1 saturated carbocycles. The quantitative estimate of drug-likeness (QED) is 0.674. The van der Waals surface area contributed by atoms with Crippen LogP contribution in [-0.2, 0) is 14.4 Å². The van der Waals surface area contributed by atoms with E-state index >= 15 is 0 Å². The topological polar surface area (TPSA) is 47.6 Å². The lowest BCUT2D eigenvalue weighted by Crippen LogP contribution is -2.38. The van der Waals surface area contributed by atoms with Crippen LogP contribution in [0.4, 0.5) is 0 Å². The normalized spacial score (nSPS) is 41.0. The van der Waals surface area contributed by atoms with Gasteiger partial charge in [-0.15, -0.1) is 0 Å². The molecule has 3 atom stereocenters. The molecule has 2 rings (SSSR count). The first-order valence-corrected chi connectivity index (χ1v) is 5.27. The molecule has 14 heavy (non-hydrogen) atoms. The van der Waals surface area contributed by atoms with Gasteiger partial charge in [-0.05, 0) is 26.7 Å². The van der Waals surface area contributed by atoms with E-state index in [1.54, 1.807) is 0 Å². The van der Waals surface area contributed by atoms with Crippen molar-refractivity contribution in [1.82, 2.24) is 5.48 Å². The first-order chi connectivity index (χ1) is 6.67. The zero-order chi connectivity index (χ0) is 10.2. The summed E-state index contributed by atoms with van der Waals surface area (Å²) < 4.78 is 5.00. The number of carbonyl (C=O) groups is 1. The summed E-state index contributed by atoms with van der Waals surface area (Å²) >= 11 is 0. The van der Waals surface area contributed by atoms with E-state index in [1.807, 2.05) is 6.92 Å². The SMILES string of the molecule is CCOC(=O)[C@@H]1NO[C@]2(C)CCC[C@H]12. The van der Waals surface area contributed by atoms with Gasteiger partial charge in [0.15, 0.2) is 0 Å². The van der Waals surface area contributed by atoms with Crippen molar-refractivity contribution < 1.29 is 14.4 Å². The van der Waals surface area contributed by atoms with Gasteiger partial charge in [-0.25, -0.2) is 0 Å². The Morgan fingerprint density at radius 3 is 3.21 bits per heavy atom. The number of carbonyl (C=O) groups excluding carboxylic acids is 1. The number of hydrogen-bond acceptors (Lipinski definition) is 4. The largest absolute Gasteiger partial charge is 0.465 e. The van der Waals surface area contributed by atoms with Crippen molar-refractivity contribution in [2.75, 3.05) is 6.61 Å². The summed E-state index contributed by atoms with van der Waals surface area (Å²) in [6, 6.07) is -0.262. The molecule has 0 radical (unpaired) electrons. The minimum absolute atomic E-state index is 0.155. The fourth-order valence-electron chi connectivity index (χ4n) is 2.53. The highest BCUT2D eigenvalue weighted by molar-refractivity contribution is 5.76. The van der Waals surface area contributed by atoms with Gasteiger partial charge in [-0.1, -0.05) is 6.42 Å². The van der Waals surface area contributed by atoms with Crippen LogP contribution in [0.2, 0.25) is 0 Å². The first kappa shape index (κ1) is 9.93. The Bertz CT molecular complexity index is 244. The molecule has 80 valence electrons. The van der Waals surface area contributed by atoms with Crippen molar-refractivity contribution in [1.29, 1.82) is 0 Å². The molecule has 1 N–H and O–H groups in total. The van der Waals surface area contributed by atoms with Gasteiger partial charge < -0.3 is 4.74 Å². The summed E-state index contributed by atoms with van der Waals surface area (Å²) in [7, 11) is 0. The van der Waals surface area contributed by atoms with Crippen molar-refractivity contribution in [3.8, 4) is 0 Å². The van der Waals surface area contributed by atoms with E-state index in [0.717, 1.165) is 19.3 Å². The summed E-state index contributed by atoms with van der Waals surface area (Å²) in [5, 5.41) is 0. The van der Waals surface area contributed by atoms with Crippen molar-refractivity contribution in [2.45, 2.75) is 44.8 Å². The number of nitrogens with one attached hydrogen (secondary N) is 1. The molecule has 0 bridgehead atoms. The third-order valence-corrected chi connectivity index (χ3v) is 3.33. The average Bonchev–Trinajstić information content (AvgIpc) is 2.61. The summed E-state index contributed by atoms with van der Waals surface area (Å²) in [5.74, 6) is 0.102. The monoisotopic (exact) mass is 199 g/mol. The standard InChI is InChI=1S/C10H17NO3/c1-3-13-9(12)8-7-5-4-6-10(7,2)14-11-8/h7-8,11H,3-6H2,1-2H3/t7-,8-,10-/m1/s1. The molecule has 1 aliphatic carbocycles. The molecule has 1 saturated heterocycles. The van der Waals surface area contributed by atoms with Crippen molar-refractivity contribution >= 4 is 5.97 Å². The fourth-order valence-corrected chi connectivity index (χ4v) is 2.53. The molecular weight excluding hydrogens is 182 g/mol. The number of rotatable bonds is 2. The third kappa shape index (κ3) is 1.42. The Labute approximate surface area is 83.9 Å². The van der Waals surface area contributed by atoms with E-state index in [0.29, 0.717) is 6.61 Å². The number of ether oxygens (including phenoxy) is 1. The maximum Gasteiger partial charge on any atom is 0.325 e. The Morgan fingerprint density at radius 1 is 1.71 bits per heavy atom. The first-order valence-electron chi connectivity index (χ1n) is 5.27. The molecule has 4 heteroatoms. The summed E-state index contributed by atoms with van der Waals surface area (Å²) in [5.41, 5.74) is 2.65. The lowest BCUT2D eigenvalue weighted by atomic mass is 9.88. The highest BCUT2D eigenvalue weighted by Crippen LogP contribution is 2.43. The molecule has 0 amide bonds.